The fourth-order valence-electron chi connectivity index (χ4n) is 3.99. The van der Waals surface area contributed by atoms with Crippen LogP contribution in [0.25, 0.3) is 22.3 Å². The number of para-hydroxylation sites is 1. The van der Waals surface area contributed by atoms with E-state index in [1.54, 1.807) is 37.6 Å². The van der Waals surface area contributed by atoms with Crippen LogP contribution in [0, 0.1) is 11.3 Å². The van der Waals surface area contributed by atoms with E-state index in [9.17, 15) is 10.1 Å². The monoisotopic (exact) mass is 564 g/mol. The number of aromatic nitrogens is 2. The molecular weight excluding hydrogens is 544 g/mol. The molecule has 0 saturated heterocycles. The van der Waals surface area contributed by atoms with Gasteiger partial charge in [-0.15, -0.1) is 0 Å². The second kappa shape index (κ2) is 11.1. The predicted octanol–water partition coefficient (Wildman–Crippen LogP) is 6.17. The lowest BCUT2D eigenvalue weighted by atomic mass is 10.1. The molecule has 0 aliphatic rings. The summed E-state index contributed by atoms with van der Waals surface area (Å²) in [5.74, 6) is 1.40. The zero-order chi connectivity index (χ0) is 26.5. The highest BCUT2D eigenvalue weighted by molar-refractivity contribution is 9.10. The molecule has 0 amide bonds. The summed E-state index contributed by atoms with van der Waals surface area (Å²) in [5, 5.41) is 14.4. The van der Waals surface area contributed by atoms with Gasteiger partial charge in [0.15, 0.2) is 17.3 Å². The average molecular weight is 565 g/mol. The summed E-state index contributed by atoms with van der Waals surface area (Å²) >= 11 is 3.56. The van der Waals surface area contributed by atoms with Crippen molar-refractivity contribution in [3.63, 3.8) is 0 Å². The highest BCUT2D eigenvalue weighted by Crippen LogP contribution is 2.37. The Hall–Kier alpha value is -4.74. The summed E-state index contributed by atoms with van der Waals surface area (Å²) in [5.41, 5.74) is 3.10. The minimum Gasteiger partial charge on any atom is -0.493 e. The van der Waals surface area contributed by atoms with Gasteiger partial charge in [0.1, 0.15) is 6.61 Å². The molecule has 0 aliphatic carbocycles. The van der Waals surface area contributed by atoms with E-state index >= 15 is 0 Å². The van der Waals surface area contributed by atoms with E-state index < -0.39 is 0 Å². The van der Waals surface area contributed by atoms with Crippen LogP contribution in [0.3, 0.4) is 0 Å². The van der Waals surface area contributed by atoms with E-state index in [1.165, 1.54) is 4.68 Å². The number of halogens is 1. The van der Waals surface area contributed by atoms with Crippen molar-refractivity contribution in [2.75, 3.05) is 7.11 Å². The molecule has 0 radical (unpaired) electrons. The smallest absolute Gasteiger partial charge is 0.282 e. The van der Waals surface area contributed by atoms with Crippen molar-refractivity contribution < 1.29 is 9.47 Å². The molecule has 0 spiro atoms. The minimum atomic E-state index is -0.271. The third kappa shape index (κ3) is 5.05. The van der Waals surface area contributed by atoms with Crippen LogP contribution in [-0.2, 0) is 6.61 Å². The highest BCUT2D eigenvalue weighted by Gasteiger charge is 2.14. The van der Waals surface area contributed by atoms with Crippen LogP contribution >= 0.6 is 15.9 Å². The standard InChI is InChI=1S/C30H21BrN4O3/c1-37-27-16-20(15-25(31)28(27)38-19-23-12-6-5-11-22(23)17-32)18-33-35-29(21-9-3-2-4-10-21)34-26-14-8-7-13-24(26)30(35)36/h2-16,18H,19H2,1H3. The molecule has 0 bridgehead atoms. The minimum absolute atomic E-state index is 0.199. The van der Waals surface area contributed by atoms with Crippen LogP contribution in [0.15, 0.2) is 105 Å². The Labute approximate surface area is 227 Å². The van der Waals surface area contributed by atoms with Gasteiger partial charge < -0.3 is 9.47 Å². The fourth-order valence-corrected chi connectivity index (χ4v) is 4.56. The quantitative estimate of drug-likeness (QED) is 0.220. The van der Waals surface area contributed by atoms with Crippen molar-refractivity contribution in [3.8, 4) is 29.0 Å². The lowest BCUT2D eigenvalue weighted by Gasteiger charge is -2.14. The number of ether oxygens (including phenoxy) is 2. The normalized spacial score (nSPS) is 11.0. The van der Waals surface area contributed by atoms with Crippen LogP contribution in [0.4, 0.5) is 0 Å². The Morgan fingerprint density at radius 3 is 2.55 bits per heavy atom. The topological polar surface area (TPSA) is 89.5 Å². The Kier molecular flexibility index (Phi) is 7.29. The molecule has 5 rings (SSSR count). The first-order chi connectivity index (χ1) is 18.6. The lowest BCUT2D eigenvalue weighted by molar-refractivity contribution is 0.282. The van der Waals surface area contributed by atoms with Gasteiger partial charge in [0.05, 0.1) is 40.3 Å². The maximum absolute atomic E-state index is 13.4. The fraction of sp³-hybridized carbons (Fsp3) is 0.0667. The molecule has 0 N–H and O–H groups in total. The molecule has 38 heavy (non-hydrogen) atoms. The highest BCUT2D eigenvalue weighted by atomic mass is 79.9. The van der Waals surface area contributed by atoms with Crippen LogP contribution in [0.2, 0.25) is 0 Å². The van der Waals surface area contributed by atoms with E-state index in [0.29, 0.717) is 43.8 Å². The average Bonchev–Trinajstić information content (AvgIpc) is 2.96. The van der Waals surface area contributed by atoms with Gasteiger partial charge in [0.25, 0.3) is 5.56 Å². The Morgan fingerprint density at radius 1 is 1.03 bits per heavy atom. The van der Waals surface area contributed by atoms with Gasteiger partial charge >= 0.3 is 0 Å². The Balaban J connectivity index is 1.52. The number of benzene rings is 4. The number of nitriles is 1. The molecule has 0 saturated carbocycles. The Bertz CT molecular complexity index is 1760. The lowest BCUT2D eigenvalue weighted by Crippen LogP contribution is -2.20. The van der Waals surface area contributed by atoms with Crippen LogP contribution in [0.5, 0.6) is 11.5 Å². The molecule has 186 valence electrons. The maximum atomic E-state index is 13.4. The summed E-state index contributed by atoms with van der Waals surface area (Å²) in [6.07, 6.45) is 1.58. The molecule has 4 aromatic carbocycles. The van der Waals surface area contributed by atoms with E-state index in [-0.39, 0.29) is 12.2 Å². The SMILES string of the molecule is COc1cc(C=Nn2c(-c3ccccc3)nc3ccccc3c2=O)cc(Br)c1OCc1ccccc1C#N. The second-order valence-electron chi connectivity index (χ2n) is 8.27. The van der Waals surface area contributed by atoms with Gasteiger partial charge in [0.2, 0.25) is 0 Å². The van der Waals surface area contributed by atoms with E-state index in [1.807, 2.05) is 66.7 Å². The molecular formula is C30H21BrN4O3. The van der Waals surface area contributed by atoms with Crippen molar-refractivity contribution in [1.29, 1.82) is 5.26 Å². The van der Waals surface area contributed by atoms with E-state index in [2.05, 4.69) is 27.1 Å². The summed E-state index contributed by atoms with van der Waals surface area (Å²) in [4.78, 5) is 18.1. The second-order valence-corrected chi connectivity index (χ2v) is 9.13. The molecule has 0 unspecified atom stereocenters. The van der Waals surface area contributed by atoms with Gasteiger partial charge in [-0.2, -0.15) is 15.0 Å². The number of hydrogen-bond donors (Lipinski definition) is 0. The first-order valence-electron chi connectivity index (χ1n) is 11.7. The third-order valence-electron chi connectivity index (χ3n) is 5.87. The van der Waals surface area contributed by atoms with Gasteiger partial charge in [-0.25, -0.2) is 4.98 Å². The van der Waals surface area contributed by atoms with E-state index in [0.717, 1.165) is 11.1 Å². The van der Waals surface area contributed by atoms with Crippen LogP contribution in [0.1, 0.15) is 16.7 Å². The van der Waals surface area contributed by atoms with Crippen molar-refractivity contribution in [1.82, 2.24) is 9.66 Å². The number of nitrogens with zero attached hydrogens (tertiary/aromatic N) is 4. The van der Waals surface area contributed by atoms with Gasteiger partial charge in [0, 0.05) is 11.1 Å². The van der Waals surface area contributed by atoms with Crippen LogP contribution in [-0.4, -0.2) is 23.0 Å². The number of rotatable bonds is 7. The summed E-state index contributed by atoms with van der Waals surface area (Å²) in [7, 11) is 1.55. The molecule has 0 fully saturated rings. The molecule has 0 atom stereocenters. The van der Waals surface area contributed by atoms with Crippen molar-refractivity contribution in [2.45, 2.75) is 6.61 Å². The first kappa shape index (κ1) is 24.9. The Morgan fingerprint density at radius 2 is 1.76 bits per heavy atom. The van der Waals surface area contributed by atoms with Crippen molar-refractivity contribution >= 4 is 33.0 Å². The summed E-state index contributed by atoms with van der Waals surface area (Å²) < 4.78 is 13.5. The van der Waals surface area contributed by atoms with Gasteiger partial charge in [-0.3, -0.25) is 4.79 Å². The van der Waals surface area contributed by atoms with E-state index in [4.69, 9.17) is 14.5 Å². The summed E-state index contributed by atoms with van der Waals surface area (Å²) in [6, 6.07) is 29.7. The molecule has 1 aromatic heterocycles. The van der Waals surface area contributed by atoms with Crippen LogP contribution < -0.4 is 15.0 Å². The predicted molar refractivity (Wildman–Crippen MR) is 151 cm³/mol. The molecule has 1 heterocycles. The summed E-state index contributed by atoms with van der Waals surface area (Å²) in [6.45, 7) is 0.199. The zero-order valence-electron chi connectivity index (χ0n) is 20.3. The zero-order valence-corrected chi connectivity index (χ0v) is 21.9. The largest absolute Gasteiger partial charge is 0.493 e. The van der Waals surface area contributed by atoms with Gasteiger partial charge in [-0.1, -0.05) is 60.7 Å². The van der Waals surface area contributed by atoms with Crippen molar-refractivity contribution in [2.24, 2.45) is 5.10 Å². The number of methoxy groups -OCH3 is 1. The molecule has 5 aromatic rings. The maximum Gasteiger partial charge on any atom is 0.282 e. The first-order valence-corrected chi connectivity index (χ1v) is 12.5. The van der Waals surface area contributed by atoms with Gasteiger partial charge in [-0.05, 0) is 51.8 Å². The molecule has 0 aliphatic heterocycles. The molecule has 7 nitrogen and oxygen atoms in total. The number of hydrogen-bond acceptors (Lipinski definition) is 6. The molecule has 8 heteroatoms. The van der Waals surface area contributed by atoms with Crippen molar-refractivity contribution in [3.05, 3.63) is 123 Å². The third-order valence-corrected chi connectivity index (χ3v) is 6.46. The number of fused-ring (bicyclic) bond motifs is 1.